The monoisotopic (exact) mass is 393 g/mol. The van der Waals surface area contributed by atoms with E-state index < -0.39 is 10.0 Å². The van der Waals surface area contributed by atoms with Crippen molar-refractivity contribution < 1.29 is 22.7 Å². The third-order valence-corrected chi connectivity index (χ3v) is 5.37. The molecule has 0 radical (unpaired) electrons. The number of benzene rings is 1. The summed E-state index contributed by atoms with van der Waals surface area (Å²) < 4.78 is 37.7. The van der Waals surface area contributed by atoms with Gasteiger partial charge in [0.25, 0.3) is 0 Å². The zero-order chi connectivity index (χ0) is 19.9. The van der Waals surface area contributed by atoms with Gasteiger partial charge in [-0.3, -0.25) is 9.78 Å². The summed E-state index contributed by atoms with van der Waals surface area (Å²) in [4.78, 5) is 17.4. The van der Waals surface area contributed by atoms with Gasteiger partial charge >= 0.3 is 0 Å². The molecule has 9 heteroatoms. The number of nitrogens with one attached hydrogen (secondary N) is 1. The lowest BCUT2D eigenvalue weighted by Crippen LogP contribution is -2.37. The predicted octanol–water partition coefficient (Wildman–Crippen LogP) is 1.43. The van der Waals surface area contributed by atoms with E-state index in [9.17, 15) is 13.2 Å². The number of hydrogen-bond donors (Lipinski definition) is 1. The van der Waals surface area contributed by atoms with Crippen molar-refractivity contribution in [3.05, 3.63) is 48.3 Å². The molecule has 27 heavy (non-hydrogen) atoms. The van der Waals surface area contributed by atoms with E-state index in [1.165, 1.54) is 39.3 Å². The van der Waals surface area contributed by atoms with Gasteiger partial charge in [-0.2, -0.15) is 0 Å². The van der Waals surface area contributed by atoms with Crippen LogP contribution < -0.4 is 14.2 Å². The van der Waals surface area contributed by atoms with E-state index in [0.29, 0.717) is 18.0 Å². The number of nitrogens with zero attached hydrogens (tertiary/aromatic N) is 2. The Kier molecular flexibility index (Phi) is 7.14. The molecule has 8 nitrogen and oxygen atoms in total. The van der Waals surface area contributed by atoms with Crippen LogP contribution >= 0.6 is 0 Å². The number of carbonyl (C=O) groups excluding carboxylic acids is 1. The second-order valence-corrected chi connectivity index (χ2v) is 7.48. The Morgan fingerprint density at radius 3 is 2.37 bits per heavy atom. The normalized spacial score (nSPS) is 11.1. The molecular formula is C18H23N3O5S. The molecule has 0 atom stereocenters. The van der Waals surface area contributed by atoms with Crippen LogP contribution in [0.3, 0.4) is 0 Å². The summed E-state index contributed by atoms with van der Waals surface area (Å²) in [5.41, 5.74) is 0.919. The van der Waals surface area contributed by atoms with Crippen molar-refractivity contribution in [2.75, 3.05) is 27.3 Å². The minimum Gasteiger partial charge on any atom is -0.493 e. The second-order valence-electron chi connectivity index (χ2n) is 5.71. The zero-order valence-electron chi connectivity index (χ0n) is 15.5. The first-order valence-corrected chi connectivity index (χ1v) is 9.72. The number of ether oxygens (including phenoxy) is 2. The number of amides is 1. The number of hydrogen-bond acceptors (Lipinski definition) is 6. The van der Waals surface area contributed by atoms with Crippen molar-refractivity contribution in [1.29, 1.82) is 0 Å². The molecule has 146 valence electrons. The van der Waals surface area contributed by atoms with Gasteiger partial charge in [-0.25, -0.2) is 13.1 Å². The first-order chi connectivity index (χ1) is 12.9. The lowest BCUT2D eigenvalue weighted by Gasteiger charge is -2.21. The van der Waals surface area contributed by atoms with Crippen LogP contribution in [0.1, 0.15) is 12.5 Å². The largest absolute Gasteiger partial charge is 0.493 e. The van der Waals surface area contributed by atoms with Crippen LogP contribution in [-0.2, 0) is 21.4 Å². The topological polar surface area (TPSA) is 97.8 Å². The lowest BCUT2D eigenvalue weighted by molar-refractivity contribution is -0.129. The Labute approximate surface area is 159 Å². The van der Waals surface area contributed by atoms with Gasteiger partial charge in [-0.15, -0.1) is 0 Å². The second kappa shape index (κ2) is 9.33. The van der Waals surface area contributed by atoms with E-state index in [1.54, 1.807) is 17.3 Å². The molecule has 1 aromatic heterocycles. The molecule has 0 fully saturated rings. The van der Waals surface area contributed by atoms with Gasteiger partial charge in [-0.05, 0) is 29.8 Å². The standard InChI is InChI=1S/C18H23N3O5S/c1-14(22)21(13-15-6-8-19-9-7-15)11-10-20-27(23,24)16-4-5-17(25-2)18(12-16)26-3/h4-9,12,20H,10-11,13H2,1-3H3. The molecule has 0 spiro atoms. The Hall–Kier alpha value is -2.65. The number of methoxy groups -OCH3 is 2. The summed E-state index contributed by atoms with van der Waals surface area (Å²) in [6, 6.07) is 7.97. The van der Waals surface area contributed by atoms with Crippen molar-refractivity contribution >= 4 is 15.9 Å². The highest BCUT2D eigenvalue weighted by molar-refractivity contribution is 7.89. The Morgan fingerprint density at radius 2 is 1.78 bits per heavy atom. The summed E-state index contributed by atoms with van der Waals surface area (Å²) >= 11 is 0. The van der Waals surface area contributed by atoms with Gasteiger partial charge in [0.1, 0.15) is 0 Å². The predicted molar refractivity (Wildman–Crippen MR) is 100 cm³/mol. The molecule has 0 aliphatic rings. The SMILES string of the molecule is COc1ccc(S(=O)(=O)NCCN(Cc2ccncc2)C(C)=O)cc1OC. The van der Waals surface area contributed by atoms with Gasteiger partial charge in [0.15, 0.2) is 11.5 Å². The molecule has 0 unspecified atom stereocenters. The molecule has 0 saturated heterocycles. The highest BCUT2D eigenvalue weighted by atomic mass is 32.2. The maximum absolute atomic E-state index is 12.5. The molecule has 0 aliphatic heterocycles. The molecule has 0 saturated carbocycles. The summed E-state index contributed by atoms with van der Waals surface area (Å²) in [5, 5.41) is 0. The number of pyridine rings is 1. The highest BCUT2D eigenvalue weighted by Gasteiger charge is 2.18. The minimum atomic E-state index is -3.75. The summed E-state index contributed by atoms with van der Waals surface area (Å²) in [5.74, 6) is 0.622. The van der Waals surface area contributed by atoms with Gasteiger partial charge in [0, 0.05) is 45.0 Å². The van der Waals surface area contributed by atoms with Crippen LogP contribution in [0.2, 0.25) is 0 Å². The number of carbonyl (C=O) groups is 1. The Balaban J connectivity index is 2.02. The highest BCUT2D eigenvalue weighted by Crippen LogP contribution is 2.29. The van der Waals surface area contributed by atoms with Crippen LogP contribution in [0.4, 0.5) is 0 Å². The minimum absolute atomic E-state index is 0.0589. The van der Waals surface area contributed by atoms with Gasteiger partial charge < -0.3 is 14.4 Å². The quantitative estimate of drug-likeness (QED) is 0.692. The van der Waals surface area contributed by atoms with E-state index in [-0.39, 0.29) is 23.9 Å². The number of sulfonamides is 1. The van der Waals surface area contributed by atoms with Gasteiger partial charge in [-0.1, -0.05) is 0 Å². The van der Waals surface area contributed by atoms with Crippen LogP contribution in [0.5, 0.6) is 11.5 Å². The molecule has 2 aromatic rings. The van der Waals surface area contributed by atoms with Crippen molar-refractivity contribution in [2.24, 2.45) is 0 Å². The van der Waals surface area contributed by atoms with Crippen molar-refractivity contribution in [2.45, 2.75) is 18.4 Å². The van der Waals surface area contributed by atoms with E-state index in [4.69, 9.17) is 9.47 Å². The third-order valence-electron chi connectivity index (χ3n) is 3.91. The van der Waals surface area contributed by atoms with Gasteiger partial charge in [0.2, 0.25) is 15.9 Å². The van der Waals surface area contributed by atoms with Crippen LogP contribution in [0, 0.1) is 0 Å². The molecule has 1 heterocycles. The van der Waals surface area contributed by atoms with Crippen LogP contribution in [0.15, 0.2) is 47.6 Å². The first-order valence-electron chi connectivity index (χ1n) is 8.23. The number of rotatable bonds is 9. The zero-order valence-corrected chi connectivity index (χ0v) is 16.3. The fourth-order valence-corrected chi connectivity index (χ4v) is 3.47. The van der Waals surface area contributed by atoms with E-state index in [0.717, 1.165) is 5.56 Å². The van der Waals surface area contributed by atoms with Crippen molar-refractivity contribution in [3.8, 4) is 11.5 Å². The Morgan fingerprint density at radius 1 is 1.11 bits per heavy atom. The fourth-order valence-electron chi connectivity index (χ4n) is 2.44. The van der Waals surface area contributed by atoms with Crippen LogP contribution in [0.25, 0.3) is 0 Å². The summed E-state index contributed by atoms with van der Waals surface area (Å²) in [6.07, 6.45) is 3.29. The molecule has 1 N–H and O–H groups in total. The maximum Gasteiger partial charge on any atom is 0.240 e. The fraction of sp³-hybridized carbons (Fsp3) is 0.333. The average molecular weight is 393 g/mol. The Bertz CT molecular complexity index is 872. The smallest absolute Gasteiger partial charge is 0.240 e. The van der Waals surface area contributed by atoms with Gasteiger partial charge in [0.05, 0.1) is 19.1 Å². The van der Waals surface area contributed by atoms with E-state index in [2.05, 4.69) is 9.71 Å². The van der Waals surface area contributed by atoms with E-state index >= 15 is 0 Å². The third kappa shape index (κ3) is 5.66. The van der Waals surface area contributed by atoms with Crippen molar-refractivity contribution in [3.63, 3.8) is 0 Å². The molecule has 0 bridgehead atoms. The molecule has 0 aliphatic carbocycles. The molecule has 2 rings (SSSR count). The number of aromatic nitrogens is 1. The summed E-state index contributed by atoms with van der Waals surface area (Å²) in [7, 11) is -0.834. The first kappa shape index (κ1) is 20.7. The van der Waals surface area contributed by atoms with Crippen molar-refractivity contribution in [1.82, 2.24) is 14.6 Å². The molecular weight excluding hydrogens is 370 g/mol. The molecule has 1 aromatic carbocycles. The van der Waals surface area contributed by atoms with E-state index in [1.807, 2.05) is 12.1 Å². The lowest BCUT2D eigenvalue weighted by atomic mass is 10.2. The maximum atomic E-state index is 12.5. The summed E-state index contributed by atoms with van der Waals surface area (Å²) in [6.45, 7) is 2.16. The average Bonchev–Trinajstić information content (AvgIpc) is 2.67. The molecule has 1 amide bonds. The van der Waals surface area contributed by atoms with Crippen LogP contribution in [-0.4, -0.2) is 51.5 Å².